The van der Waals surface area contributed by atoms with E-state index in [1.54, 1.807) is 7.11 Å². The number of benzene rings is 2. The lowest BCUT2D eigenvalue weighted by atomic mass is 10.0. The zero-order chi connectivity index (χ0) is 15.5. The molecule has 1 atom stereocenters. The van der Waals surface area contributed by atoms with Gasteiger partial charge >= 0.3 is 0 Å². The molecule has 0 aromatic heterocycles. The molecule has 1 aliphatic rings. The molecule has 0 fully saturated rings. The van der Waals surface area contributed by atoms with E-state index >= 15 is 0 Å². The fraction of sp³-hybridized carbons (Fsp3) is 0.235. The van der Waals surface area contributed by atoms with Crippen molar-refractivity contribution in [1.29, 1.82) is 0 Å². The second-order valence-corrected chi connectivity index (χ2v) is 5.62. The molecule has 5 heteroatoms. The zero-order valence-corrected chi connectivity index (χ0v) is 13.1. The van der Waals surface area contributed by atoms with Crippen molar-refractivity contribution in [2.24, 2.45) is 10.8 Å². The summed E-state index contributed by atoms with van der Waals surface area (Å²) in [5.41, 5.74) is 8.93. The van der Waals surface area contributed by atoms with Crippen LogP contribution < -0.4 is 15.5 Å². The average Bonchev–Trinajstić information content (AvgIpc) is 3.00. The molecule has 2 aromatic carbocycles. The molecule has 2 aromatic rings. The van der Waals surface area contributed by atoms with Crippen molar-refractivity contribution in [3.8, 4) is 5.75 Å². The molecular weight excluding hydrogens is 298 g/mol. The number of methoxy groups -OCH3 is 1. The molecule has 0 saturated heterocycles. The molecule has 1 aliphatic heterocycles. The first kappa shape index (κ1) is 14.9. The Labute approximate surface area is 135 Å². The average molecular weight is 316 g/mol. The molecule has 0 aliphatic carbocycles. The van der Waals surface area contributed by atoms with Crippen LogP contribution in [0.15, 0.2) is 53.6 Å². The third-order valence-electron chi connectivity index (χ3n) is 3.78. The Morgan fingerprint density at radius 3 is 2.73 bits per heavy atom. The Hall–Kier alpha value is -2.04. The van der Waals surface area contributed by atoms with Gasteiger partial charge in [0, 0.05) is 18.0 Å². The van der Waals surface area contributed by atoms with Crippen LogP contribution in [-0.2, 0) is 0 Å². The quantitative estimate of drug-likeness (QED) is 0.937. The molecule has 0 amide bonds. The number of hydrogen-bond donors (Lipinski definition) is 1. The Balaban J connectivity index is 1.96. The smallest absolute Gasteiger partial charge is 0.119 e. The molecule has 1 unspecified atom stereocenters. The normalized spacial score (nSPS) is 17.5. The Bertz CT molecular complexity index is 685. The summed E-state index contributed by atoms with van der Waals surface area (Å²) in [6.45, 7) is 0.463. The van der Waals surface area contributed by atoms with Gasteiger partial charge in [-0.25, -0.2) is 0 Å². The van der Waals surface area contributed by atoms with Gasteiger partial charge in [-0.1, -0.05) is 23.7 Å². The van der Waals surface area contributed by atoms with Gasteiger partial charge in [-0.3, -0.25) is 5.01 Å². The second kappa shape index (κ2) is 6.38. The Morgan fingerprint density at radius 1 is 1.27 bits per heavy atom. The van der Waals surface area contributed by atoms with Gasteiger partial charge in [-0.15, -0.1) is 0 Å². The van der Waals surface area contributed by atoms with E-state index in [4.69, 9.17) is 22.1 Å². The first-order valence-corrected chi connectivity index (χ1v) is 7.54. The number of hydrazone groups is 1. The minimum Gasteiger partial charge on any atom is -0.497 e. The molecule has 1 heterocycles. The molecule has 3 rings (SSSR count). The third kappa shape index (κ3) is 2.93. The molecular formula is C17H18ClN3O. The summed E-state index contributed by atoms with van der Waals surface area (Å²) in [6, 6.07) is 15.9. The summed E-state index contributed by atoms with van der Waals surface area (Å²) in [6.07, 6.45) is 0.812. The largest absolute Gasteiger partial charge is 0.497 e. The van der Waals surface area contributed by atoms with Gasteiger partial charge in [0.15, 0.2) is 0 Å². The van der Waals surface area contributed by atoms with Gasteiger partial charge in [-0.2, -0.15) is 5.10 Å². The summed E-state index contributed by atoms with van der Waals surface area (Å²) in [5, 5.41) is 7.38. The van der Waals surface area contributed by atoms with Crippen LogP contribution in [0, 0.1) is 0 Å². The van der Waals surface area contributed by atoms with Crippen LogP contribution in [0.2, 0.25) is 5.02 Å². The summed E-state index contributed by atoms with van der Waals surface area (Å²) < 4.78 is 5.33. The molecule has 22 heavy (non-hydrogen) atoms. The van der Waals surface area contributed by atoms with Crippen molar-refractivity contribution in [3.63, 3.8) is 0 Å². The van der Waals surface area contributed by atoms with Crippen molar-refractivity contribution >= 4 is 23.0 Å². The molecule has 0 saturated carbocycles. The van der Waals surface area contributed by atoms with Gasteiger partial charge in [0.25, 0.3) is 0 Å². The lowest BCUT2D eigenvalue weighted by Crippen LogP contribution is -2.18. The molecule has 0 bridgehead atoms. The van der Waals surface area contributed by atoms with Gasteiger partial charge in [-0.05, 0) is 42.0 Å². The van der Waals surface area contributed by atoms with Crippen LogP contribution in [0.25, 0.3) is 0 Å². The van der Waals surface area contributed by atoms with E-state index in [0.29, 0.717) is 11.6 Å². The van der Waals surface area contributed by atoms with Gasteiger partial charge < -0.3 is 10.5 Å². The van der Waals surface area contributed by atoms with Crippen LogP contribution in [-0.4, -0.2) is 19.4 Å². The van der Waals surface area contributed by atoms with Crippen LogP contribution in [0.3, 0.4) is 0 Å². The zero-order valence-electron chi connectivity index (χ0n) is 12.4. The number of nitrogens with zero attached hydrogens (tertiary/aromatic N) is 2. The molecule has 2 N–H and O–H groups in total. The Morgan fingerprint density at radius 2 is 2.05 bits per heavy atom. The summed E-state index contributed by atoms with van der Waals surface area (Å²) >= 11 is 5.98. The maximum atomic E-state index is 5.98. The molecule has 0 spiro atoms. The number of halogens is 1. The molecule has 4 nitrogen and oxygen atoms in total. The lowest BCUT2D eigenvalue weighted by molar-refractivity contribution is 0.414. The number of nitrogens with two attached hydrogens (primary N) is 1. The minimum atomic E-state index is 0.120. The maximum Gasteiger partial charge on any atom is 0.119 e. The summed E-state index contributed by atoms with van der Waals surface area (Å²) in [4.78, 5) is 0. The number of anilines is 1. The van der Waals surface area contributed by atoms with Crippen LogP contribution >= 0.6 is 11.6 Å². The third-order valence-corrected chi connectivity index (χ3v) is 4.03. The summed E-state index contributed by atoms with van der Waals surface area (Å²) in [7, 11) is 1.67. The van der Waals surface area contributed by atoms with E-state index in [1.807, 2.05) is 47.5 Å². The highest BCUT2D eigenvalue weighted by Crippen LogP contribution is 2.36. The van der Waals surface area contributed by atoms with Crippen molar-refractivity contribution < 1.29 is 4.74 Å². The van der Waals surface area contributed by atoms with Gasteiger partial charge in [0.1, 0.15) is 5.75 Å². The predicted molar refractivity (Wildman–Crippen MR) is 90.8 cm³/mol. The van der Waals surface area contributed by atoms with Crippen molar-refractivity contribution in [2.45, 2.75) is 12.5 Å². The SMILES string of the molecule is COc1cccc(C2CC(CN)=NN2c2ccc(Cl)cc2)c1. The molecule has 114 valence electrons. The lowest BCUT2D eigenvalue weighted by Gasteiger charge is -2.24. The van der Waals surface area contributed by atoms with E-state index in [-0.39, 0.29) is 6.04 Å². The number of hydrogen-bond acceptors (Lipinski definition) is 4. The highest BCUT2D eigenvalue weighted by atomic mass is 35.5. The highest BCUT2D eigenvalue weighted by molar-refractivity contribution is 6.30. The predicted octanol–water partition coefficient (Wildman–Crippen LogP) is 3.61. The fourth-order valence-electron chi connectivity index (χ4n) is 2.64. The fourth-order valence-corrected chi connectivity index (χ4v) is 2.76. The number of ether oxygens (including phenoxy) is 1. The second-order valence-electron chi connectivity index (χ2n) is 5.19. The Kier molecular flexibility index (Phi) is 4.32. The standard InChI is InChI=1S/C17H18ClN3O/c1-22-16-4-2-3-12(9-16)17-10-14(11-19)20-21(17)15-7-5-13(18)6-8-15/h2-9,17H,10-11,19H2,1H3. The van der Waals surface area contributed by atoms with Gasteiger partial charge in [0.05, 0.1) is 24.6 Å². The topological polar surface area (TPSA) is 50.9 Å². The number of rotatable bonds is 4. The van der Waals surface area contributed by atoms with E-state index in [1.165, 1.54) is 0 Å². The maximum absolute atomic E-state index is 5.98. The van der Waals surface area contributed by atoms with E-state index < -0.39 is 0 Å². The van der Waals surface area contributed by atoms with E-state index in [0.717, 1.165) is 29.1 Å². The van der Waals surface area contributed by atoms with Crippen LogP contribution in [0.5, 0.6) is 5.75 Å². The van der Waals surface area contributed by atoms with Crippen molar-refractivity contribution in [3.05, 3.63) is 59.1 Å². The monoisotopic (exact) mass is 315 g/mol. The summed E-state index contributed by atoms with van der Waals surface area (Å²) in [5.74, 6) is 0.842. The van der Waals surface area contributed by atoms with E-state index in [9.17, 15) is 0 Å². The van der Waals surface area contributed by atoms with Crippen LogP contribution in [0.1, 0.15) is 18.0 Å². The first-order valence-electron chi connectivity index (χ1n) is 7.16. The minimum absolute atomic E-state index is 0.120. The van der Waals surface area contributed by atoms with Crippen molar-refractivity contribution in [2.75, 3.05) is 18.7 Å². The highest BCUT2D eigenvalue weighted by Gasteiger charge is 2.28. The van der Waals surface area contributed by atoms with E-state index in [2.05, 4.69) is 11.2 Å². The van der Waals surface area contributed by atoms with Crippen molar-refractivity contribution in [1.82, 2.24) is 0 Å². The molecule has 0 radical (unpaired) electrons. The first-order chi connectivity index (χ1) is 10.7. The van der Waals surface area contributed by atoms with Crippen LogP contribution in [0.4, 0.5) is 5.69 Å². The van der Waals surface area contributed by atoms with Gasteiger partial charge in [0.2, 0.25) is 0 Å².